The fourth-order valence-corrected chi connectivity index (χ4v) is 3.11. The molecule has 2 aromatic carbocycles. The first-order chi connectivity index (χ1) is 12.5. The molecule has 0 radical (unpaired) electrons. The number of anilines is 3. The van der Waals surface area contributed by atoms with Crippen LogP contribution in [-0.2, 0) is 9.59 Å². The van der Waals surface area contributed by atoms with Gasteiger partial charge in [0, 0.05) is 30.2 Å². The highest BCUT2D eigenvalue weighted by Crippen LogP contribution is 2.22. The Kier molecular flexibility index (Phi) is 5.56. The molecule has 0 bridgehead atoms. The van der Waals surface area contributed by atoms with Gasteiger partial charge in [-0.2, -0.15) is 0 Å². The highest BCUT2D eigenvalue weighted by molar-refractivity contribution is 6.08. The summed E-state index contributed by atoms with van der Waals surface area (Å²) in [4.78, 5) is 26.5. The topological polar surface area (TPSA) is 61.4 Å². The summed E-state index contributed by atoms with van der Waals surface area (Å²) in [5, 5.41) is 5.55. The van der Waals surface area contributed by atoms with Gasteiger partial charge in [0.2, 0.25) is 11.8 Å². The summed E-state index contributed by atoms with van der Waals surface area (Å²) in [7, 11) is 0. The van der Waals surface area contributed by atoms with Crippen molar-refractivity contribution in [2.75, 3.05) is 28.6 Å². The minimum Gasteiger partial charge on any atom is -0.372 e. The standard InChI is InChI=1S/C21H25N3O2/c1-15-5-6-18(13-16(15)2)23-21(26)14-20(25)22-17-7-9-19(10-8-17)24-11-3-4-12-24/h5-10,13H,3-4,11-12,14H2,1-2H3,(H,22,25)(H,23,26). The van der Waals surface area contributed by atoms with Crippen LogP contribution in [0.25, 0.3) is 0 Å². The predicted molar refractivity (Wildman–Crippen MR) is 106 cm³/mol. The molecule has 0 saturated carbocycles. The molecule has 0 unspecified atom stereocenters. The Hall–Kier alpha value is -2.82. The first-order valence-electron chi connectivity index (χ1n) is 9.03. The summed E-state index contributed by atoms with van der Waals surface area (Å²) in [5.74, 6) is -0.639. The SMILES string of the molecule is Cc1ccc(NC(=O)CC(=O)Nc2ccc(N3CCCC3)cc2)cc1C. The Labute approximate surface area is 154 Å². The van der Waals surface area contributed by atoms with Crippen LogP contribution in [0.1, 0.15) is 30.4 Å². The van der Waals surface area contributed by atoms with E-state index in [0.717, 1.165) is 24.2 Å². The lowest BCUT2D eigenvalue weighted by molar-refractivity contribution is -0.123. The maximum atomic E-state index is 12.1. The number of benzene rings is 2. The van der Waals surface area contributed by atoms with Gasteiger partial charge in [-0.3, -0.25) is 9.59 Å². The van der Waals surface area contributed by atoms with E-state index in [1.165, 1.54) is 18.5 Å². The normalized spacial score (nSPS) is 13.5. The van der Waals surface area contributed by atoms with Gasteiger partial charge in [0.1, 0.15) is 6.42 Å². The van der Waals surface area contributed by atoms with E-state index in [4.69, 9.17) is 0 Å². The molecule has 5 heteroatoms. The van der Waals surface area contributed by atoms with Gasteiger partial charge >= 0.3 is 0 Å². The summed E-state index contributed by atoms with van der Waals surface area (Å²) < 4.78 is 0. The monoisotopic (exact) mass is 351 g/mol. The predicted octanol–water partition coefficient (Wildman–Crippen LogP) is 3.87. The molecule has 0 spiro atoms. The molecule has 0 aliphatic carbocycles. The van der Waals surface area contributed by atoms with Crippen LogP contribution in [0.5, 0.6) is 0 Å². The van der Waals surface area contributed by atoms with Crippen LogP contribution in [0, 0.1) is 13.8 Å². The van der Waals surface area contributed by atoms with E-state index in [-0.39, 0.29) is 18.2 Å². The zero-order chi connectivity index (χ0) is 18.5. The van der Waals surface area contributed by atoms with Crippen LogP contribution in [0.4, 0.5) is 17.1 Å². The van der Waals surface area contributed by atoms with E-state index < -0.39 is 0 Å². The number of aryl methyl sites for hydroxylation is 2. The van der Waals surface area contributed by atoms with Crippen molar-refractivity contribution < 1.29 is 9.59 Å². The number of hydrogen-bond donors (Lipinski definition) is 2. The van der Waals surface area contributed by atoms with Crippen molar-refractivity contribution in [2.45, 2.75) is 33.1 Å². The fraction of sp³-hybridized carbons (Fsp3) is 0.333. The Morgan fingerprint density at radius 2 is 1.42 bits per heavy atom. The second kappa shape index (κ2) is 8.04. The number of nitrogens with one attached hydrogen (secondary N) is 2. The maximum Gasteiger partial charge on any atom is 0.233 e. The lowest BCUT2D eigenvalue weighted by atomic mass is 10.1. The number of amides is 2. The van der Waals surface area contributed by atoms with Crippen molar-refractivity contribution in [3.05, 3.63) is 53.6 Å². The summed E-state index contributed by atoms with van der Waals surface area (Å²) in [5.41, 5.74) is 4.86. The number of nitrogens with zero attached hydrogens (tertiary/aromatic N) is 1. The zero-order valence-electron chi connectivity index (χ0n) is 15.3. The number of rotatable bonds is 5. The second-order valence-corrected chi connectivity index (χ2v) is 6.81. The molecule has 1 saturated heterocycles. The van der Waals surface area contributed by atoms with Gasteiger partial charge in [-0.25, -0.2) is 0 Å². The lowest BCUT2D eigenvalue weighted by Crippen LogP contribution is -2.21. The van der Waals surface area contributed by atoms with Gasteiger partial charge in [0.25, 0.3) is 0 Å². The number of carbonyl (C=O) groups is 2. The molecule has 1 aliphatic rings. The van der Waals surface area contributed by atoms with E-state index in [0.29, 0.717) is 11.4 Å². The smallest absolute Gasteiger partial charge is 0.233 e. The van der Waals surface area contributed by atoms with Gasteiger partial charge in [-0.1, -0.05) is 6.07 Å². The van der Waals surface area contributed by atoms with Gasteiger partial charge < -0.3 is 15.5 Å². The van der Waals surface area contributed by atoms with Crippen LogP contribution in [0.3, 0.4) is 0 Å². The van der Waals surface area contributed by atoms with E-state index in [1.807, 2.05) is 56.3 Å². The van der Waals surface area contributed by atoms with Crippen molar-refractivity contribution >= 4 is 28.9 Å². The van der Waals surface area contributed by atoms with Gasteiger partial charge in [0.05, 0.1) is 0 Å². The average molecular weight is 351 g/mol. The van der Waals surface area contributed by atoms with Gasteiger partial charge in [0.15, 0.2) is 0 Å². The van der Waals surface area contributed by atoms with Crippen molar-refractivity contribution in [1.29, 1.82) is 0 Å². The first-order valence-corrected chi connectivity index (χ1v) is 9.03. The minimum absolute atomic E-state index is 0.208. The number of hydrogen-bond acceptors (Lipinski definition) is 3. The average Bonchev–Trinajstić information content (AvgIpc) is 3.13. The van der Waals surface area contributed by atoms with E-state index >= 15 is 0 Å². The quantitative estimate of drug-likeness (QED) is 0.804. The molecular formula is C21H25N3O2. The molecule has 2 aromatic rings. The fourth-order valence-electron chi connectivity index (χ4n) is 3.11. The summed E-state index contributed by atoms with van der Waals surface area (Å²) in [6.07, 6.45) is 2.25. The molecule has 26 heavy (non-hydrogen) atoms. The van der Waals surface area contributed by atoms with Gasteiger partial charge in [-0.15, -0.1) is 0 Å². The van der Waals surface area contributed by atoms with Crippen LogP contribution in [0.15, 0.2) is 42.5 Å². The van der Waals surface area contributed by atoms with Crippen LogP contribution < -0.4 is 15.5 Å². The van der Waals surface area contributed by atoms with Crippen molar-refractivity contribution in [3.8, 4) is 0 Å². The largest absolute Gasteiger partial charge is 0.372 e. The van der Waals surface area contributed by atoms with Crippen molar-refractivity contribution in [3.63, 3.8) is 0 Å². The third kappa shape index (κ3) is 4.63. The molecule has 2 N–H and O–H groups in total. The Morgan fingerprint density at radius 3 is 2.04 bits per heavy atom. The second-order valence-electron chi connectivity index (χ2n) is 6.81. The lowest BCUT2D eigenvalue weighted by Gasteiger charge is -2.17. The van der Waals surface area contributed by atoms with E-state index in [1.54, 1.807) is 0 Å². The Bertz CT molecular complexity index is 793. The summed E-state index contributed by atoms with van der Waals surface area (Å²) in [6.45, 7) is 6.18. The third-order valence-corrected chi connectivity index (χ3v) is 4.73. The Balaban J connectivity index is 1.51. The molecule has 3 rings (SSSR count). The summed E-state index contributed by atoms with van der Waals surface area (Å²) in [6, 6.07) is 13.5. The Morgan fingerprint density at radius 1 is 0.846 bits per heavy atom. The van der Waals surface area contributed by atoms with Gasteiger partial charge in [-0.05, 0) is 74.2 Å². The van der Waals surface area contributed by atoms with Crippen molar-refractivity contribution in [1.82, 2.24) is 0 Å². The van der Waals surface area contributed by atoms with Crippen LogP contribution >= 0.6 is 0 Å². The van der Waals surface area contributed by atoms with E-state index in [2.05, 4.69) is 15.5 Å². The summed E-state index contributed by atoms with van der Waals surface area (Å²) >= 11 is 0. The van der Waals surface area contributed by atoms with Crippen LogP contribution in [0.2, 0.25) is 0 Å². The van der Waals surface area contributed by atoms with E-state index in [9.17, 15) is 9.59 Å². The third-order valence-electron chi connectivity index (χ3n) is 4.73. The maximum absolute atomic E-state index is 12.1. The van der Waals surface area contributed by atoms with Crippen LogP contribution in [-0.4, -0.2) is 24.9 Å². The molecule has 1 aliphatic heterocycles. The molecule has 1 heterocycles. The highest BCUT2D eigenvalue weighted by Gasteiger charge is 2.13. The zero-order valence-corrected chi connectivity index (χ0v) is 15.3. The van der Waals surface area contributed by atoms with Crippen molar-refractivity contribution in [2.24, 2.45) is 0 Å². The molecule has 1 fully saturated rings. The molecule has 5 nitrogen and oxygen atoms in total. The number of carbonyl (C=O) groups excluding carboxylic acids is 2. The molecule has 2 amide bonds. The molecule has 0 aromatic heterocycles. The molecule has 0 atom stereocenters. The minimum atomic E-state index is -0.320. The molecular weight excluding hydrogens is 326 g/mol. The molecule has 136 valence electrons. The highest BCUT2D eigenvalue weighted by atomic mass is 16.2. The first kappa shape index (κ1) is 18.0.